The molecule has 0 aliphatic heterocycles. The number of hydrogen-bond donors (Lipinski definition) is 0. The molecule has 1 atom stereocenters. The fourth-order valence-electron chi connectivity index (χ4n) is 3.92. The summed E-state index contributed by atoms with van der Waals surface area (Å²) in [6.07, 6.45) is 0.887. The Morgan fingerprint density at radius 2 is 1.38 bits per heavy atom. The van der Waals surface area contributed by atoms with Crippen molar-refractivity contribution in [3.8, 4) is 16.9 Å². The molecule has 0 spiro atoms. The molecule has 3 heteroatoms. The average Bonchev–Trinajstić information content (AvgIpc) is 2.91. The second-order valence-electron chi connectivity index (χ2n) is 8.56. The van der Waals surface area contributed by atoms with Crippen LogP contribution < -0.4 is 4.74 Å². The lowest BCUT2D eigenvalue weighted by molar-refractivity contribution is 0.0671. The van der Waals surface area contributed by atoms with E-state index in [9.17, 15) is 4.79 Å². The van der Waals surface area contributed by atoms with Crippen molar-refractivity contribution in [3.63, 3.8) is 0 Å². The summed E-state index contributed by atoms with van der Waals surface area (Å²) in [6.45, 7) is 5.28. The van der Waals surface area contributed by atoms with Gasteiger partial charge in [-0.2, -0.15) is 0 Å². The maximum absolute atomic E-state index is 13.5. The van der Waals surface area contributed by atoms with E-state index in [1.165, 1.54) is 0 Å². The number of carbonyl (C=O) groups excluding carboxylic acids is 1. The molecule has 0 heterocycles. The van der Waals surface area contributed by atoms with E-state index in [0.29, 0.717) is 18.7 Å². The summed E-state index contributed by atoms with van der Waals surface area (Å²) < 4.78 is 6.00. The van der Waals surface area contributed by atoms with Crippen molar-refractivity contribution in [1.82, 2.24) is 4.90 Å². The van der Waals surface area contributed by atoms with Crippen LogP contribution in [0.1, 0.15) is 41.8 Å². The van der Waals surface area contributed by atoms with Crippen LogP contribution in [0.25, 0.3) is 11.1 Å². The molecule has 4 aromatic rings. The van der Waals surface area contributed by atoms with Gasteiger partial charge in [0.1, 0.15) is 12.4 Å². The highest BCUT2D eigenvalue weighted by atomic mass is 16.5. The van der Waals surface area contributed by atoms with Crippen LogP contribution in [0.4, 0.5) is 0 Å². The zero-order valence-electron chi connectivity index (χ0n) is 19.9. The molecule has 0 radical (unpaired) electrons. The normalized spacial score (nSPS) is 11.6. The lowest BCUT2D eigenvalue weighted by Crippen LogP contribution is -2.37. The van der Waals surface area contributed by atoms with Gasteiger partial charge in [-0.3, -0.25) is 4.79 Å². The fraction of sp³-hybridized carbons (Fsp3) is 0.194. The number of nitrogens with zero attached hydrogens (tertiary/aromatic N) is 1. The molecule has 0 saturated carbocycles. The predicted octanol–water partition coefficient (Wildman–Crippen LogP) is 7.37. The SMILES string of the molecule is CCC(C)N(Cc1cccc(OCc2ccccc2)c1)C(=O)c1ccc(-c2ccccc2)cc1. The molecule has 0 N–H and O–H groups in total. The zero-order chi connectivity index (χ0) is 23.8. The van der Waals surface area contributed by atoms with Crippen LogP contribution in [0, 0.1) is 0 Å². The van der Waals surface area contributed by atoms with Crippen LogP contribution >= 0.6 is 0 Å². The first-order valence-electron chi connectivity index (χ1n) is 11.9. The number of carbonyl (C=O) groups is 1. The number of amides is 1. The van der Waals surface area contributed by atoms with Crippen molar-refractivity contribution in [2.45, 2.75) is 39.5 Å². The Hall–Kier alpha value is -3.85. The van der Waals surface area contributed by atoms with Crippen LogP contribution in [-0.4, -0.2) is 16.8 Å². The molecule has 1 amide bonds. The number of ether oxygens (including phenoxy) is 1. The number of hydrogen-bond acceptors (Lipinski definition) is 2. The molecule has 0 fully saturated rings. The van der Waals surface area contributed by atoms with Gasteiger partial charge in [0.2, 0.25) is 0 Å². The van der Waals surface area contributed by atoms with Gasteiger partial charge in [0.25, 0.3) is 5.91 Å². The van der Waals surface area contributed by atoms with Crippen molar-refractivity contribution in [1.29, 1.82) is 0 Å². The van der Waals surface area contributed by atoms with E-state index in [4.69, 9.17) is 4.74 Å². The lowest BCUT2D eigenvalue weighted by atomic mass is 10.0. The van der Waals surface area contributed by atoms with Gasteiger partial charge < -0.3 is 9.64 Å². The highest BCUT2D eigenvalue weighted by Gasteiger charge is 2.21. The third-order valence-electron chi connectivity index (χ3n) is 6.12. The average molecular weight is 450 g/mol. The third kappa shape index (κ3) is 5.93. The Morgan fingerprint density at radius 3 is 2.06 bits per heavy atom. The summed E-state index contributed by atoms with van der Waals surface area (Å²) in [7, 11) is 0. The minimum Gasteiger partial charge on any atom is -0.489 e. The molecular weight excluding hydrogens is 418 g/mol. The Morgan fingerprint density at radius 1 is 0.765 bits per heavy atom. The van der Waals surface area contributed by atoms with Gasteiger partial charge in [-0.1, -0.05) is 91.9 Å². The first-order valence-corrected chi connectivity index (χ1v) is 11.9. The molecule has 34 heavy (non-hydrogen) atoms. The fourth-order valence-corrected chi connectivity index (χ4v) is 3.92. The first kappa shape index (κ1) is 23.3. The van der Waals surface area contributed by atoms with Gasteiger partial charge in [0.05, 0.1) is 0 Å². The van der Waals surface area contributed by atoms with Crippen molar-refractivity contribution < 1.29 is 9.53 Å². The van der Waals surface area contributed by atoms with E-state index >= 15 is 0 Å². The van der Waals surface area contributed by atoms with Gasteiger partial charge in [0.15, 0.2) is 0 Å². The minimum atomic E-state index is 0.0459. The smallest absolute Gasteiger partial charge is 0.254 e. The maximum atomic E-state index is 13.5. The van der Waals surface area contributed by atoms with E-state index in [-0.39, 0.29) is 11.9 Å². The second-order valence-corrected chi connectivity index (χ2v) is 8.56. The topological polar surface area (TPSA) is 29.5 Å². The standard InChI is InChI=1S/C31H31NO2/c1-3-24(2)32(31(33)29-19-17-28(18-20-29)27-14-8-5-9-15-27)22-26-13-10-16-30(21-26)34-23-25-11-6-4-7-12-25/h4-21,24H,3,22-23H2,1-2H3. The van der Waals surface area contributed by atoms with Gasteiger partial charge in [-0.15, -0.1) is 0 Å². The number of rotatable bonds is 9. The van der Waals surface area contributed by atoms with Gasteiger partial charge >= 0.3 is 0 Å². The molecule has 0 saturated heterocycles. The molecule has 0 aromatic heterocycles. The van der Waals surface area contributed by atoms with Crippen molar-refractivity contribution in [3.05, 3.63) is 126 Å². The summed E-state index contributed by atoms with van der Waals surface area (Å²) in [5, 5.41) is 0. The molecule has 0 aliphatic rings. The van der Waals surface area contributed by atoms with E-state index in [1.54, 1.807) is 0 Å². The summed E-state index contributed by atoms with van der Waals surface area (Å²) in [5.74, 6) is 0.856. The first-order chi connectivity index (χ1) is 16.6. The van der Waals surface area contributed by atoms with E-state index in [2.05, 4.69) is 44.2 Å². The molecular formula is C31H31NO2. The molecule has 4 rings (SSSR count). The van der Waals surface area contributed by atoms with Crippen LogP contribution in [0.2, 0.25) is 0 Å². The second kappa shape index (κ2) is 11.3. The van der Waals surface area contributed by atoms with Crippen LogP contribution in [0.3, 0.4) is 0 Å². The Bertz CT molecular complexity index is 1190. The van der Waals surface area contributed by atoms with Gasteiger partial charge in [-0.05, 0) is 59.9 Å². The maximum Gasteiger partial charge on any atom is 0.254 e. The quantitative estimate of drug-likeness (QED) is 0.267. The van der Waals surface area contributed by atoms with Crippen molar-refractivity contribution >= 4 is 5.91 Å². The summed E-state index contributed by atoms with van der Waals surface area (Å²) in [6, 6.07) is 36.4. The Kier molecular flexibility index (Phi) is 7.77. The monoisotopic (exact) mass is 449 g/mol. The minimum absolute atomic E-state index is 0.0459. The van der Waals surface area contributed by atoms with Crippen LogP contribution in [0.15, 0.2) is 109 Å². The summed E-state index contributed by atoms with van der Waals surface area (Å²) in [4.78, 5) is 15.4. The van der Waals surface area contributed by atoms with Crippen molar-refractivity contribution in [2.75, 3.05) is 0 Å². The van der Waals surface area contributed by atoms with Crippen LogP contribution in [0.5, 0.6) is 5.75 Å². The van der Waals surface area contributed by atoms with E-state index in [0.717, 1.165) is 34.4 Å². The van der Waals surface area contributed by atoms with Gasteiger partial charge in [0, 0.05) is 18.2 Å². The Balaban J connectivity index is 1.48. The van der Waals surface area contributed by atoms with E-state index in [1.807, 2.05) is 83.8 Å². The van der Waals surface area contributed by atoms with Gasteiger partial charge in [-0.25, -0.2) is 0 Å². The van der Waals surface area contributed by atoms with Crippen molar-refractivity contribution in [2.24, 2.45) is 0 Å². The molecule has 172 valence electrons. The molecule has 4 aromatic carbocycles. The highest BCUT2D eigenvalue weighted by Crippen LogP contribution is 2.23. The molecule has 0 bridgehead atoms. The van der Waals surface area contributed by atoms with Crippen LogP contribution in [-0.2, 0) is 13.2 Å². The summed E-state index contributed by atoms with van der Waals surface area (Å²) >= 11 is 0. The molecule has 0 aliphatic carbocycles. The largest absolute Gasteiger partial charge is 0.489 e. The Labute approximate surface area is 202 Å². The molecule has 3 nitrogen and oxygen atoms in total. The highest BCUT2D eigenvalue weighted by molar-refractivity contribution is 5.95. The number of benzene rings is 4. The zero-order valence-corrected chi connectivity index (χ0v) is 19.9. The predicted molar refractivity (Wildman–Crippen MR) is 139 cm³/mol. The summed E-state index contributed by atoms with van der Waals surface area (Å²) in [5.41, 5.74) is 5.14. The third-order valence-corrected chi connectivity index (χ3v) is 6.12. The molecule has 1 unspecified atom stereocenters. The van der Waals surface area contributed by atoms with E-state index < -0.39 is 0 Å². The lowest BCUT2D eigenvalue weighted by Gasteiger charge is -2.29.